The molecule has 0 amide bonds. The second-order valence-electron chi connectivity index (χ2n) is 3.59. The van der Waals surface area contributed by atoms with Crippen LogP contribution in [0.4, 0.5) is 0 Å². The lowest BCUT2D eigenvalue weighted by Gasteiger charge is -2.06. The molecule has 1 N–H and O–H groups in total. The van der Waals surface area contributed by atoms with Crippen LogP contribution in [-0.2, 0) is 0 Å². The summed E-state index contributed by atoms with van der Waals surface area (Å²) in [5.41, 5.74) is 1.90. The fourth-order valence-corrected chi connectivity index (χ4v) is 1.71. The van der Waals surface area contributed by atoms with Crippen LogP contribution in [0.2, 0.25) is 5.02 Å². The van der Waals surface area contributed by atoms with Crippen molar-refractivity contribution in [1.82, 2.24) is 14.8 Å². The lowest BCUT2D eigenvalue weighted by atomic mass is 10.2. The Kier molecular flexibility index (Phi) is 2.85. The smallest absolute Gasteiger partial charge is 0.338 e. The van der Waals surface area contributed by atoms with E-state index in [1.807, 2.05) is 0 Å². The zero-order valence-corrected chi connectivity index (χ0v) is 10.1. The van der Waals surface area contributed by atoms with E-state index in [0.717, 1.165) is 0 Å². The minimum absolute atomic E-state index is 0.141. The number of rotatable bonds is 2. The maximum atomic E-state index is 11.1. The van der Waals surface area contributed by atoms with Crippen LogP contribution in [0.15, 0.2) is 18.5 Å². The molecular weight excluding hydrogens is 242 g/mol. The van der Waals surface area contributed by atoms with E-state index in [9.17, 15) is 4.79 Å². The van der Waals surface area contributed by atoms with Crippen LogP contribution in [0.1, 0.15) is 21.7 Å². The highest BCUT2D eigenvalue weighted by Crippen LogP contribution is 2.23. The second kappa shape index (κ2) is 4.18. The quantitative estimate of drug-likeness (QED) is 0.889. The second-order valence-corrected chi connectivity index (χ2v) is 3.97. The van der Waals surface area contributed by atoms with Gasteiger partial charge in [0.25, 0.3) is 0 Å². The van der Waals surface area contributed by atoms with Crippen LogP contribution in [0.5, 0.6) is 0 Å². The van der Waals surface area contributed by atoms with Crippen molar-refractivity contribution < 1.29 is 9.90 Å². The summed E-state index contributed by atoms with van der Waals surface area (Å²) in [6, 6.07) is 1.43. The molecule has 0 atom stereocenters. The van der Waals surface area contributed by atoms with Crippen LogP contribution in [-0.4, -0.2) is 25.8 Å². The molecule has 0 aromatic carbocycles. The number of pyridine rings is 1. The number of aromatic carboxylic acids is 1. The Hall–Kier alpha value is -1.88. The molecule has 2 aromatic heterocycles. The maximum Gasteiger partial charge on any atom is 0.338 e. The van der Waals surface area contributed by atoms with Crippen molar-refractivity contribution in [3.05, 3.63) is 40.4 Å². The third kappa shape index (κ3) is 1.89. The maximum absolute atomic E-state index is 11.1. The molecule has 0 aliphatic heterocycles. The van der Waals surface area contributed by atoms with E-state index >= 15 is 0 Å². The first-order valence-corrected chi connectivity index (χ1v) is 5.29. The van der Waals surface area contributed by atoms with Crippen molar-refractivity contribution in [2.24, 2.45) is 0 Å². The number of carboxylic acids is 1. The molecular formula is C11H10ClN3O2. The molecule has 5 nitrogen and oxygen atoms in total. The summed E-state index contributed by atoms with van der Waals surface area (Å²) in [4.78, 5) is 15.0. The Morgan fingerprint density at radius 1 is 1.47 bits per heavy atom. The summed E-state index contributed by atoms with van der Waals surface area (Å²) in [5.74, 6) is -1.02. The predicted molar refractivity (Wildman–Crippen MR) is 62.8 cm³/mol. The lowest BCUT2D eigenvalue weighted by molar-refractivity contribution is 0.0696. The van der Waals surface area contributed by atoms with Gasteiger partial charge in [-0.05, 0) is 19.9 Å². The number of hydrogen-bond acceptors (Lipinski definition) is 3. The van der Waals surface area contributed by atoms with Gasteiger partial charge in [0.2, 0.25) is 0 Å². The first kappa shape index (κ1) is 11.6. The molecule has 0 saturated carbocycles. The van der Waals surface area contributed by atoms with Crippen molar-refractivity contribution in [3.8, 4) is 5.69 Å². The van der Waals surface area contributed by atoms with Gasteiger partial charge in [-0.15, -0.1) is 0 Å². The zero-order valence-electron chi connectivity index (χ0n) is 9.31. The van der Waals surface area contributed by atoms with E-state index in [2.05, 4.69) is 10.1 Å². The fraction of sp³-hybridized carbons (Fsp3) is 0.182. The third-order valence-electron chi connectivity index (χ3n) is 2.46. The van der Waals surface area contributed by atoms with E-state index in [1.165, 1.54) is 23.1 Å². The molecule has 0 aliphatic carbocycles. The highest BCUT2D eigenvalue weighted by atomic mass is 35.5. The summed E-state index contributed by atoms with van der Waals surface area (Å²) >= 11 is 6.03. The Morgan fingerprint density at radius 2 is 2.18 bits per heavy atom. The normalized spacial score (nSPS) is 10.5. The van der Waals surface area contributed by atoms with Gasteiger partial charge in [0, 0.05) is 6.20 Å². The number of halogens is 1. The minimum Gasteiger partial charge on any atom is -0.478 e. The Morgan fingerprint density at radius 3 is 2.71 bits per heavy atom. The highest BCUT2D eigenvalue weighted by Gasteiger charge is 2.16. The summed E-state index contributed by atoms with van der Waals surface area (Å²) in [6.45, 7) is 3.55. The first-order valence-electron chi connectivity index (χ1n) is 4.91. The van der Waals surface area contributed by atoms with E-state index < -0.39 is 5.97 Å². The van der Waals surface area contributed by atoms with Crippen LogP contribution in [0.3, 0.4) is 0 Å². The molecule has 0 saturated heterocycles. The number of carboxylic acid groups (broad SMARTS) is 1. The van der Waals surface area contributed by atoms with Gasteiger partial charge < -0.3 is 5.11 Å². The fourth-order valence-electron chi connectivity index (χ4n) is 1.59. The Balaban J connectivity index is 2.68. The average molecular weight is 252 g/mol. The van der Waals surface area contributed by atoms with Crippen molar-refractivity contribution in [2.45, 2.75) is 13.8 Å². The number of carbonyl (C=O) groups is 1. The molecule has 2 aromatic rings. The molecule has 0 fully saturated rings. The van der Waals surface area contributed by atoms with Crippen molar-refractivity contribution in [3.63, 3.8) is 0 Å². The van der Waals surface area contributed by atoms with Gasteiger partial charge in [-0.3, -0.25) is 4.98 Å². The minimum atomic E-state index is -1.02. The van der Waals surface area contributed by atoms with E-state index in [-0.39, 0.29) is 5.56 Å². The van der Waals surface area contributed by atoms with Crippen molar-refractivity contribution >= 4 is 17.6 Å². The van der Waals surface area contributed by atoms with Gasteiger partial charge in [0.05, 0.1) is 33.9 Å². The van der Waals surface area contributed by atoms with Crippen molar-refractivity contribution in [2.75, 3.05) is 0 Å². The van der Waals surface area contributed by atoms with Gasteiger partial charge in [-0.1, -0.05) is 11.6 Å². The SMILES string of the molecule is Cc1nn(-c2cnccc2C(=O)O)c(C)c1Cl. The van der Waals surface area contributed by atoms with Crippen LogP contribution >= 0.6 is 11.6 Å². The summed E-state index contributed by atoms with van der Waals surface area (Å²) in [7, 11) is 0. The van der Waals surface area contributed by atoms with Crippen LogP contribution < -0.4 is 0 Å². The van der Waals surface area contributed by atoms with Crippen molar-refractivity contribution in [1.29, 1.82) is 0 Å². The van der Waals surface area contributed by atoms with Gasteiger partial charge in [-0.25, -0.2) is 9.48 Å². The molecule has 0 spiro atoms. The molecule has 0 radical (unpaired) electrons. The number of aryl methyl sites for hydroxylation is 1. The molecule has 6 heteroatoms. The monoisotopic (exact) mass is 251 g/mol. The average Bonchev–Trinajstić information content (AvgIpc) is 2.57. The van der Waals surface area contributed by atoms with Gasteiger partial charge in [0.1, 0.15) is 0 Å². The predicted octanol–water partition coefficient (Wildman–Crippen LogP) is 2.24. The van der Waals surface area contributed by atoms with Gasteiger partial charge in [0.15, 0.2) is 0 Å². The molecule has 17 heavy (non-hydrogen) atoms. The number of nitrogens with zero attached hydrogens (tertiary/aromatic N) is 3. The van der Waals surface area contributed by atoms with Gasteiger partial charge >= 0.3 is 5.97 Å². The standard InChI is InChI=1S/C11H10ClN3O2/c1-6-10(12)7(2)15(14-6)9-5-13-4-3-8(9)11(16)17/h3-5H,1-2H3,(H,16,17). The third-order valence-corrected chi connectivity index (χ3v) is 3.01. The van der Waals surface area contributed by atoms with Crippen LogP contribution in [0, 0.1) is 13.8 Å². The topological polar surface area (TPSA) is 68.0 Å². The van der Waals surface area contributed by atoms with E-state index in [4.69, 9.17) is 16.7 Å². The highest BCUT2D eigenvalue weighted by molar-refractivity contribution is 6.31. The molecule has 0 bridgehead atoms. The first-order chi connectivity index (χ1) is 8.02. The lowest BCUT2D eigenvalue weighted by Crippen LogP contribution is -2.08. The molecule has 2 heterocycles. The van der Waals surface area contributed by atoms with Crippen LogP contribution in [0.25, 0.3) is 5.69 Å². The zero-order chi connectivity index (χ0) is 12.6. The summed E-state index contributed by atoms with van der Waals surface area (Å²) in [5, 5.41) is 13.8. The largest absolute Gasteiger partial charge is 0.478 e. The molecule has 88 valence electrons. The summed E-state index contributed by atoms with van der Waals surface area (Å²) < 4.78 is 1.49. The Bertz CT molecular complexity index is 592. The molecule has 0 unspecified atom stereocenters. The van der Waals surface area contributed by atoms with Gasteiger partial charge in [-0.2, -0.15) is 5.10 Å². The van der Waals surface area contributed by atoms with E-state index in [0.29, 0.717) is 22.1 Å². The number of aromatic nitrogens is 3. The Labute approximate surface area is 103 Å². The summed E-state index contributed by atoms with van der Waals surface area (Å²) in [6.07, 6.45) is 2.89. The molecule has 2 rings (SSSR count). The van der Waals surface area contributed by atoms with E-state index in [1.54, 1.807) is 13.8 Å². The molecule has 0 aliphatic rings. The number of hydrogen-bond donors (Lipinski definition) is 1.